The highest BCUT2D eigenvalue weighted by Crippen LogP contribution is 2.36. The molecule has 156 valence electrons. The third kappa shape index (κ3) is 8.14. The predicted molar refractivity (Wildman–Crippen MR) is 113 cm³/mol. The van der Waals surface area contributed by atoms with Crippen molar-refractivity contribution in [1.29, 1.82) is 0 Å². The molecule has 2 saturated carbocycles. The quantitative estimate of drug-likeness (QED) is 0.503. The molecule has 0 radical (unpaired) electrons. The van der Waals surface area contributed by atoms with E-state index in [2.05, 4.69) is 10.6 Å². The molecule has 0 atom stereocenters. The SMILES string of the molecule is O=C(NC1CCC(CC2CCC(NC(=O)C(Cl)(Cl)Cl)CC2)CC1)C(Cl)(Cl)Cl. The first-order valence-electron chi connectivity index (χ1n) is 9.20. The summed E-state index contributed by atoms with van der Waals surface area (Å²) >= 11 is 33.6. The Morgan fingerprint density at radius 3 is 1.19 bits per heavy atom. The molecule has 0 bridgehead atoms. The van der Waals surface area contributed by atoms with Crippen LogP contribution in [0.1, 0.15) is 57.8 Å². The zero-order chi connectivity index (χ0) is 20.2. The first-order chi connectivity index (χ1) is 12.4. The minimum absolute atomic E-state index is 0.0808. The van der Waals surface area contributed by atoms with E-state index in [0.29, 0.717) is 11.8 Å². The summed E-state index contributed by atoms with van der Waals surface area (Å²) in [5, 5.41) is 5.62. The Hall–Kier alpha value is 0.680. The summed E-state index contributed by atoms with van der Waals surface area (Å²) < 4.78 is -3.80. The van der Waals surface area contributed by atoms with Gasteiger partial charge in [0.1, 0.15) is 0 Å². The van der Waals surface area contributed by atoms with E-state index < -0.39 is 19.4 Å². The van der Waals surface area contributed by atoms with E-state index >= 15 is 0 Å². The standard InChI is InChI=1S/C17H24Cl6N2O2/c18-16(19,20)14(26)24-12-5-1-10(2-6-12)9-11-3-7-13(8-4-11)25-15(27)17(21,22)23/h10-13H,1-9H2,(H,24,26)(H,25,27). The molecule has 10 heteroatoms. The summed E-state index contributed by atoms with van der Waals surface area (Å²) in [5.74, 6) is 0.212. The average molecular weight is 501 g/mol. The predicted octanol–water partition coefficient (Wildman–Crippen LogP) is 5.47. The second-order valence-electron chi connectivity index (χ2n) is 7.61. The van der Waals surface area contributed by atoms with Crippen molar-refractivity contribution in [2.24, 2.45) is 11.8 Å². The van der Waals surface area contributed by atoms with Gasteiger partial charge in [0, 0.05) is 12.1 Å². The number of rotatable bonds is 4. The van der Waals surface area contributed by atoms with Gasteiger partial charge in [0.05, 0.1) is 0 Å². The summed E-state index contributed by atoms with van der Waals surface area (Å²) in [7, 11) is 0. The number of hydrogen-bond acceptors (Lipinski definition) is 2. The fourth-order valence-electron chi connectivity index (χ4n) is 4.09. The number of hydrogen-bond donors (Lipinski definition) is 2. The monoisotopic (exact) mass is 498 g/mol. The van der Waals surface area contributed by atoms with E-state index in [9.17, 15) is 9.59 Å². The molecule has 2 amide bonds. The molecule has 2 rings (SSSR count). The second kappa shape index (κ2) is 10.1. The van der Waals surface area contributed by atoms with Crippen molar-refractivity contribution < 1.29 is 9.59 Å². The maximum atomic E-state index is 11.7. The van der Waals surface area contributed by atoms with E-state index in [1.807, 2.05) is 0 Å². The molecule has 27 heavy (non-hydrogen) atoms. The van der Waals surface area contributed by atoms with Crippen molar-refractivity contribution in [1.82, 2.24) is 10.6 Å². The van der Waals surface area contributed by atoms with Crippen molar-refractivity contribution in [3.63, 3.8) is 0 Å². The van der Waals surface area contributed by atoms with Gasteiger partial charge in [0.2, 0.25) is 0 Å². The lowest BCUT2D eigenvalue weighted by Gasteiger charge is -2.35. The summed E-state index contributed by atoms with van der Waals surface area (Å²) in [6.45, 7) is 0. The Kier molecular flexibility index (Phi) is 8.99. The van der Waals surface area contributed by atoms with Crippen molar-refractivity contribution in [3.8, 4) is 0 Å². The Morgan fingerprint density at radius 1 is 0.630 bits per heavy atom. The number of amides is 2. The van der Waals surface area contributed by atoms with Gasteiger partial charge in [-0.3, -0.25) is 9.59 Å². The number of carbonyl (C=O) groups excluding carboxylic acids is 2. The van der Waals surface area contributed by atoms with Crippen molar-refractivity contribution in [2.45, 2.75) is 77.5 Å². The minimum atomic E-state index is -1.90. The third-order valence-corrected chi connectivity index (χ3v) is 6.58. The molecule has 0 aromatic rings. The summed E-state index contributed by atoms with van der Waals surface area (Å²) in [5.41, 5.74) is 0. The van der Waals surface area contributed by atoms with Gasteiger partial charge in [0.15, 0.2) is 0 Å². The van der Waals surface area contributed by atoms with E-state index in [-0.39, 0.29) is 12.1 Å². The molecule has 2 aliphatic carbocycles. The highest BCUT2D eigenvalue weighted by molar-refractivity contribution is 6.76. The lowest BCUT2D eigenvalue weighted by molar-refractivity contribution is -0.121. The number of halogens is 6. The van der Waals surface area contributed by atoms with E-state index in [1.54, 1.807) is 0 Å². The lowest BCUT2D eigenvalue weighted by atomic mass is 9.75. The largest absolute Gasteiger partial charge is 0.350 e. The second-order valence-corrected chi connectivity index (χ2v) is 12.2. The molecule has 2 fully saturated rings. The summed E-state index contributed by atoms with van der Waals surface area (Å²) in [4.78, 5) is 23.5. The number of alkyl halides is 6. The normalized spacial score (nSPS) is 29.9. The molecule has 0 aromatic carbocycles. The van der Waals surface area contributed by atoms with Crippen LogP contribution in [0.15, 0.2) is 0 Å². The van der Waals surface area contributed by atoms with Crippen LogP contribution in [0, 0.1) is 11.8 Å². The van der Waals surface area contributed by atoms with Crippen LogP contribution in [0.25, 0.3) is 0 Å². The molecule has 0 heterocycles. The smallest absolute Gasteiger partial charge is 0.272 e. The molecule has 0 aromatic heterocycles. The fourth-order valence-corrected chi connectivity index (χ4v) is 4.42. The first-order valence-corrected chi connectivity index (χ1v) is 11.5. The van der Waals surface area contributed by atoms with Gasteiger partial charge in [-0.1, -0.05) is 69.6 Å². The molecular formula is C17H24Cl6N2O2. The Balaban J connectivity index is 1.66. The molecule has 0 saturated heterocycles. The van der Waals surface area contributed by atoms with Crippen molar-refractivity contribution >= 4 is 81.4 Å². The summed E-state index contributed by atoms with van der Waals surface area (Å²) in [6.07, 6.45) is 9.07. The van der Waals surface area contributed by atoms with E-state index in [1.165, 1.54) is 6.42 Å². The topological polar surface area (TPSA) is 58.2 Å². The zero-order valence-corrected chi connectivity index (χ0v) is 19.3. The van der Waals surface area contributed by atoms with Gasteiger partial charge >= 0.3 is 0 Å². The Labute approximate surface area is 190 Å². The average Bonchev–Trinajstić information content (AvgIpc) is 2.56. The van der Waals surface area contributed by atoms with Crippen LogP contribution in [-0.4, -0.2) is 31.5 Å². The van der Waals surface area contributed by atoms with Crippen LogP contribution in [0.3, 0.4) is 0 Å². The van der Waals surface area contributed by atoms with Gasteiger partial charge in [-0.05, 0) is 69.6 Å². The maximum Gasteiger partial charge on any atom is 0.272 e. The highest BCUT2D eigenvalue weighted by atomic mass is 35.6. The van der Waals surface area contributed by atoms with Gasteiger partial charge < -0.3 is 10.6 Å². The Bertz CT molecular complexity index is 472. The van der Waals surface area contributed by atoms with Crippen LogP contribution in [-0.2, 0) is 9.59 Å². The highest BCUT2D eigenvalue weighted by Gasteiger charge is 2.35. The molecule has 0 spiro atoms. The van der Waals surface area contributed by atoms with Gasteiger partial charge in [-0.2, -0.15) is 0 Å². The summed E-state index contributed by atoms with van der Waals surface area (Å²) in [6, 6.07) is 0.162. The van der Waals surface area contributed by atoms with Crippen LogP contribution < -0.4 is 10.6 Å². The van der Waals surface area contributed by atoms with Gasteiger partial charge in [0.25, 0.3) is 19.4 Å². The van der Waals surface area contributed by atoms with E-state index in [0.717, 1.165) is 51.4 Å². The van der Waals surface area contributed by atoms with Crippen LogP contribution >= 0.6 is 69.6 Å². The van der Waals surface area contributed by atoms with E-state index in [4.69, 9.17) is 69.6 Å². The first kappa shape index (κ1) is 24.0. The fraction of sp³-hybridized carbons (Fsp3) is 0.882. The van der Waals surface area contributed by atoms with Crippen molar-refractivity contribution in [2.75, 3.05) is 0 Å². The van der Waals surface area contributed by atoms with Crippen LogP contribution in [0.5, 0.6) is 0 Å². The molecule has 2 aliphatic rings. The van der Waals surface area contributed by atoms with Crippen LogP contribution in [0.2, 0.25) is 0 Å². The Morgan fingerprint density at radius 2 is 0.926 bits per heavy atom. The van der Waals surface area contributed by atoms with Gasteiger partial charge in [-0.15, -0.1) is 0 Å². The third-order valence-electron chi connectivity index (χ3n) is 5.55. The number of nitrogens with one attached hydrogen (secondary N) is 2. The zero-order valence-electron chi connectivity index (χ0n) is 14.8. The van der Waals surface area contributed by atoms with Crippen molar-refractivity contribution in [3.05, 3.63) is 0 Å². The molecule has 0 unspecified atom stereocenters. The molecule has 0 aliphatic heterocycles. The number of carbonyl (C=O) groups is 2. The van der Waals surface area contributed by atoms with Crippen LogP contribution in [0.4, 0.5) is 0 Å². The molecule has 2 N–H and O–H groups in total. The maximum absolute atomic E-state index is 11.7. The lowest BCUT2D eigenvalue weighted by Crippen LogP contribution is -2.44. The molecule has 4 nitrogen and oxygen atoms in total. The molecular weight excluding hydrogens is 477 g/mol. The minimum Gasteiger partial charge on any atom is -0.350 e. The van der Waals surface area contributed by atoms with Gasteiger partial charge in [-0.25, -0.2) is 0 Å².